The number of nitrogens with one attached hydrogen (secondary N) is 1. The van der Waals surface area contributed by atoms with Gasteiger partial charge in [0.05, 0.1) is 0 Å². The molecule has 2 aromatic carbocycles. The highest BCUT2D eigenvalue weighted by Crippen LogP contribution is 2.18. The van der Waals surface area contributed by atoms with Gasteiger partial charge in [0.1, 0.15) is 11.8 Å². The first-order valence-corrected chi connectivity index (χ1v) is 10.8. The number of rotatable bonds is 11. The molecule has 0 spiro atoms. The smallest absolute Gasteiger partial charge is 0.261 e. The lowest BCUT2D eigenvalue weighted by atomic mass is 10.1. The molecule has 0 aliphatic heterocycles. The number of ether oxygens (including phenoxy) is 1. The fourth-order valence-corrected chi connectivity index (χ4v) is 3.24. The van der Waals surface area contributed by atoms with Crippen molar-refractivity contribution in [2.45, 2.75) is 59.5 Å². The Labute approximate surface area is 180 Å². The molecule has 30 heavy (non-hydrogen) atoms. The van der Waals surface area contributed by atoms with Crippen LogP contribution in [0, 0.1) is 13.8 Å². The van der Waals surface area contributed by atoms with Crippen LogP contribution in [0.4, 0.5) is 0 Å². The van der Waals surface area contributed by atoms with Crippen LogP contribution in [0.3, 0.4) is 0 Å². The maximum Gasteiger partial charge on any atom is 0.261 e. The molecule has 1 atom stereocenters. The number of unbranched alkanes of at least 4 members (excludes halogenated alkanes) is 1. The van der Waals surface area contributed by atoms with Crippen molar-refractivity contribution in [2.75, 3.05) is 13.2 Å². The zero-order valence-corrected chi connectivity index (χ0v) is 18.6. The summed E-state index contributed by atoms with van der Waals surface area (Å²) in [5.41, 5.74) is 3.27. The highest BCUT2D eigenvalue weighted by Gasteiger charge is 2.28. The summed E-state index contributed by atoms with van der Waals surface area (Å²) in [4.78, 5) is 27.6. The Hall–Kier alpha value is -2.82. The third-order valence-corrected chi connectivity index (χ3v) is 5.25. The molecule has 2 rings (SSSR count). The molecular weight excluding hydrogens is 376 g/mol. The third-order valence-electron chi connectivity index (χ3n) is 5.25. The molecule has 0 aliphatic rings. The van der Waals surface area contributed by atoms with Crippen LogP contribution < -0.4 is 10.1 Å². The average molecular weight is 411 g/mol. The maximum atomic E-state index is 13.1. The van der Waals surface area contributed by atoms with Crippen LogP contribution in [0.15, 0.2) is 48.5 Å². The fourth-order valence-electron chi connectivity index (χ4n) is 3.24. The summed E-state index contributed by atoms with van der Waals surface area (Å²) in [6, 6.07) is 15.0. The maximum absolute atomic E-state index is 13.1. The second-order valence-electron chi connectivity index (χ2n) is 7.61. The zero-order valence-electron chi connectivity index (χ0n) is 18.6. The minimum absolute atomic E-state index is 0.103. The van der Waals surface area contributed by atoms with Crippen LogP contribution in [0.25, 0.3) is 0 Å². The molecule has 0 heterocycles. The number of benzene rings is 2. The molecule has 0 saturated heterocycles. The van der Waals surface area contributed by atoms with Gasteiger partial charge in [0.25, 0.3) is 5.91 Å². The largest absolute Gasteiger partial charge is 0.484 e. The molecule has 0 aromatic heterocycles. The van der Waals surface area contributed by atoms with Gasteiger partial charge in [-0.05, 0) is 55.5 Å². The molecule has 0 radical (unpaired) electrons. The van der Waals surface area contributed by atoms with E-state index >= 15 is 0 Å². The van der Waals surface area contributed by atoms with Gasteiger partial charge in [-0.15, -0.1) is 0 Å². The number of carbonyl (C=O) groups excluding carboxylic acids is 2. The van der Waals surface area contributed by atoms with Gasteiger partial charge >= 0.3 is 0 Å². The predicted molar refractivity (Wildman–Crippen MR) is 120 cm³/mol. The van der Waals surface area contributed by atoms with E-state index in [2.05, 4.69) is 12.2 Å². The van der Waals surface area contributed by atoms with E-state index in [1.807, 2.05) is 69.3 Å². The Bertz CT molecular complexity index is 820. The molecular formula is C25H34N2O3. The van der Waals surface area contributed by atoms with Crippen molar-refractivity contribution in [1.82, 2.24) is 10.2 Å². The summed E-state index contributed by atoms with van der Waals surface area (Å²) in [5, 5.41) is 2.97. The number of amides is 2. The van der Waals surface area contributed by atoms with Gasteiger partial charge in [-0.25, -0.2) is 0 Å². The van der Waals surface area contributed by atoms with Crippen LogP contribution in [0.1, 0.15) is 49.8 Å². The Morgan fingerprint density at radius 2 is 1.77 bits per heavy atom. The average Bonchev–Trinajstić information content (AvgIpc) is 2.75. The van der Waals surface area contributed by atoms with Crippen LogP contribution in [-0.4, -0.2) is 35.9 Å². The second-order valence-corrected chi connectivity index (χ2v) is 7.61. The van der Waals surface area contributed by atoms with Gasteiger partial charge in [0.2, 0.25) is 5.91 Å². The van der Waals surface area contributed by atoms with Crippen LogP contribution >= 0.6 is 0 Å². The van der Waals surface area contributed by atoms with Gasteiger partial charge < -0.3 is 15.0 Å². The van der Waals surface area contributed by atoms with E-state index in [1.54, 1.807) is 4.90 Å². The van der Waals surface area contributed by atoms with Crippen molar-refractivity contribution in [1.29, 1.82) is 0 Å². The number of nitrogens with zero attached hydrogens (tertiary/aromatic N) is 1. The summed E-state index contributed by atoms with van der Waals surface area (Å²) in [6.45, 7) is 8.95. The topological polar surface area (TPSA) is 58.6 Å². The van der Waals surface area contributed by atoms with E-state index in [0.29, 0.717) is 25.3 Å². The van der Waals surface area contributed by atoms with Crippen LogP contribution in [0.2, 0.25) is 0 Å². The Morgan fingerprint density at radius 1 is 1.03 bits per heavy atom. The molecule has 162 valence electrons. The van der Waals surface area contributed by atoms with E-state index in [1.165, 1.54) is 5.56 Å². The van der Waals surface area contributed by atoms with Crippen molar-refractivity contribution in [3.05, 3.63) is 65.2 Å². The van der Waals surface area contributed by atoms with Gasteiger partial charge in [-0.2, -0.15) is 0 Å². The molecule has 1 N–H and O–H groups in total. The van der Waals surface area contributed by atoms with Gasteiger partial charge in [0, 0.05) is 13.1 Å². The third kappa shape index (κ3) is 6.90. The van der Waals surface area contributed by atoms with E-state index in [0.717, 1.165) is 24.0 Å². The number of hydrogen-bond donors (Lipinski definition) is 1. The minimum Gasteiger partial charge on any atom is -0.484 e. The number of aryl methyl sites for hydroxylation is 2. The lowest BCUT2D eigenvalue weighted by Crippen LogP contribution is -2.50. The van der Waals surface area contributed by atoms with E-state index in [-0.39, 0.29) is 18.4 Å². The zero-order chi connectivity index (χ0) is 21.9. The lowest BCUT2D eigenvalue weighted by molar-refractivity contribution is -0.143. The first-order chi connectivity index (χ1) is 14.5. The summed E-state index contributed by atoms with van der Waals surface area (Å²) >= 11 is 0. The number of carbonyl (C=O) groups is 2. The van der Waals surface area contributed by atoms with Gasteiger partial charge in [0.15, 0.2) is 6.61 Å². The van der Waals surface area contributed by atoms with Crippen molar-refractivity contribution >= 4 is 11.8 Å². The minimum atomic E-state index is -0.530. The van der Waals surface area contributed by atoms with Gasteiger partial charge in [-0.1, -0.05) is 56.7 Å². The van der Waals surface area contributed by atoms with E-state index in [4.69, 9.17) is 4.74 Å². The molecule has 5 heteroatoms. The molecule has 0 saturated carbocycles. The van der Waals surface area contributed by atoms with Crippen LogP contribution in [0.5, 0.6) is 5.75 Å². The van der Waals surface area contributed by atoms with E-state index in [9.17, 15) is 9.59 Å². The SMILES string of the molecule is CCCCNC(=O)[C@@H](CC)N(Cc1ccccc1)C(=O)COc1ccc(C)c(C)c1. The van der Waals surface area contributed by atoms with Crippen LogP contribution in [-0.2, 0) is 16.1 Å². The molecule has 0 unspecified atom stereocenters. The lowest BCUT2D eigenvalue weighted by Gasteiger charge is -2.30. The molecule has 0 bridgehead atoms. The Morgan fingerprint density at radius 3 is 2.40 bits per heavy atom. The second kappa shape index (κ2) is 12.0. The number of hydrogen-bond acceptors (Lipinski definition) is 3. The van der Waals surface area contributed by atoms with Gasteiger partial charge in [-0.3, -0.25) is 9.59 Å². The van der Waals surface area contributed by atoms with Crippen molar-refractivity contribution in [3.63, 3.8) is 0 Å². The van der Waals surface area contributed by atoms with E-state index < -0.39 is 6.04 Å². The standard InChI is InChI=1S/C25H34N2O3/c1-5-7-15-26-25(29)23(6-2)27(17-21-11-9-8-10-12-21)24(28)18-30-22-14-13-19(3)20(4)16-22/h8-14,16,23H,5-7,15,17-18H2,1-4H3,(H,26,29)/t23-/m1/s1. The predicted octanol–water partition coefficient (Wildman–Crippen LogP) is 4.41. The Balaban J connectivity index is 2.14. The quantitative estimate of drug-likeness (QED) is 0.559. The summed E-state index contributed by atoms with van der Waals surface area (Å²) in [6.07, 6.45) is 2.47. The molecule has 2 amide bonds. The Kier molecular flexibility index (Phi) is 9.39. The molecule has 2 aromatic rings. The first-order valence-electron chi connectivity index (χ1n) is 10.8. The highest BCUT2D eigenvalue weighted by molar-refractivity contribution is 5.88. The molecule has 5 nitrogen and oxygen atoms in total. The normalized spacial score (nSPS) is 11.6. The van der Waals surface area contributed by atoms with Crippen molar-refractivity contribution in [3.8, 4) is 5.75 Å². The van der Waals surface area contributed by atoms with Crippen molar-refractivity contribution < 1.29 is 14.3 Å². The molecule has 0 fully saturated rings. The highest BCUT2D eigenvalue weighted by atomic mass is 16.5. The first kappa shape index (κ1) is 23.5. The summed E-state index contributed by atoms with van der Waals surface area (Å²) in [5.74, 6) is 0.350. The summed E-state index contributed by atoms with van der Waals surface area (Å²) in [7, 11) is 0. The van der Waals surface area contributed by atoms with Crippen molar-refractivity contribution in [2.24, 2.45) is 0 Å². The molecule has 0 aliphatic carbocycles. The monoisotopic (exact) mass is 410 g/mol. The fraction of sp³-hybridized carbons (Fsp3) is 0.440. The summed E-state index contributed by atoms with van der Waals surface area (Å²) < 4.78 is 5.77.